The van der Waals surface area contributed by atoms with Gasteiger partial charge in [-0.2, -0.15) is 0 Å². The van der Waals surface area contributed by atoms with Gasteiger partial charge in [-0.05, 0) is 59.3 Å². The first-order valence-electron chi connectivity index (χ1n) is 9.76. The second-order valence-corrected chi connectivity index (χ2v) is 9.03. The third-order valence-electron chi connectivity index (χ3n) is 4.82. The summed E-state index contributed by atoms with van der Waals surface area (Å²) >= 11 is -0.532. The highest BCUT2D eigenvalue weighted by Gasteiger charge is 2.24. The molecular weight excluding hydrogens is 568 g/mol. The minimum Gasteiger partial charge on any atom is -0.760 e. The zero-order valence-corrected chi connectivity index (χ0v) is 20.7. The summed E-state index contributed by atoms with van der Waals surface area (Å²) in [6.45, 7) is 0.0524. The number of benzene rings is 1. The zero-order chi connectivity index (χ0) is 24.1. The number of nitrogens with zero attached hydrogens (tertiary/aromatic N) is 2. The quantitative estimate of drug-likeness (QED) is 0.231. The van der Waals surface area contributed by atoms with Crippen LogP contribution in [-0.4, -0.2) is 50.6 Å². The molecule has 1 aromatic carbocycles. The molecule has 1 unspecified atom stereocenters. The molecule has 1 amide bonds. The number of ether oxygens (including phenoxy) is 1. The van der Waals surface area contributed by atoms with Gasteiger partial charge in [0.1, 0.15) is 11.6 Å². The Morgan fingerprint density at radius 1 is 1.33 bits per heavy atom. The Kier molecular flexibility index (Phi) is 8.51. The predicted octanol–water partition coefficient (Wildman–Crippen LogP) is 3.15. The number of carbonyl (C=O) groups is 2. The van der Waals surface area contributed by atoms with Crippen LogP contribution in [0.15, 0.2) is 34.7 Å². The summed E-state index contributed by atoms with van der Waals surface area (Å²) in [6, 6.07) is 7.20. The van der Waals surface area contributed by atoms with Crippen LogP contribution in [0.2, 0.25) is 0 Å². The van der Waals surface area contributed by atoms with Crippen LogP contribution in [0.3, 0.4) is 0 Å². The van der Waals surface area contributed by atoms with E-state index >= 15 is 0 Å². The Morgan fingerprint density at radius 3 is 2.64 bits per heavy atom. The first-order valence-corrected chi connectivity index (χ1v) is 11.9. The van der Waals surface area contributed by atoms with E-state index in [1.165, 1.54) is 38.4 Å². The number of pyridine rings is 1. The van der Waals surface area contributed by atoms with Gasteiger partial charge in [-0.3, -0.25) is 13.8 Å². The molecule has 12 heteroatoms. The lowest BCUT2D eigenvalue weighted by Gasteiger charge is -2.24. The van der Waals surface area contributed by atoms with Crippen LogP contribution < -0.4 is 5.32 Å². The molecule has 0 fully saturated rings. The van der Waals surface area contributed by atoms with E-state index in [0.717, 1.165) is 4.31 Å². The lowest BCUT2D eigenvalue weighted by molar-refractivity contribution is -0.140. The van der Waals surface area contributed by atoms with Crippen LogP contribution in [0, 0.1) is 9.39 Å². The maximum Gasteiger partial charge on any atom is 0.305 e. The Bertz CT molecular complexity index is 1200. The van der Waals surface area contributed by atoms with E-state index in [2.05, 4.69) is 15.0 Å². The van der Waals surface area contributed by atoms with Gasteiger partial charge in [-0.15, -0.1) is 0 Å². The van der Waals surface area contributed by atoms with Gasteiger partial charge in [0, 0.05) is 40.4 Å². The monoisotopic (exact) mass is 588 g/mol. The second kappa shape index (κ2) is 11.1. The number of methoxy groups -OCH3 is 1. The van der Waals surface area contributed by atoms with Crippen molar-refractivity contribution in [3.8, 4) is 11.3 Å². The number of hydrogen-bond donors (Lipinski definition) is 1. The fourth-order valence-corrected chi connectivity index (χ4v) is 4.28. The maximum atomic E-state index is 13.4. The van der Waals surface area contributed by atoms with Crippen LogP contribution >= 0.6 is 22.6 Å². The Labute approximate surface area is 205 Å². The number of fused-ring (bicyclic) bond motifs is 1. The predicted molar refractivity (Wildman–Crippen MR) is 126 cm³/mol. The molecule has 9 nitrogen and oxygen atoms in total. The smallest absolute Gasteiger partial charge is 0.305 e. The number of halogens is 2. The van der Waals surface area contributed by atoms with Crippen molar-refractivity contribution in [1.82, 2.24) is 14.6 Å². The first kappa shape index (κ1) is 25.2. The van der Waals surface area contributed by atoms with Gasteiger partial charge in [0.25, 0.3) is 5.91 Å². The van der Waals surface area contributed by atoms with E-state index in [4.69, 9.17) is 4.42 Å². The molecule has 3 rings (SSSR count). The van der Waals surface area contributed by atoms with Crippen molar-refractivity contribution in [1.29, 1.82) is 0 Å². The lowest BCUT2D eigenvalue weighted by atomic mass is 10.1. The maximum absolute atomic E-state index is 13.4. The van der Waals surface area contributed by atoms with Crippen molar-refractivity contribution in [3.63, 3.8) is 0 Å². The van der Waals surface area contributed by atoms with Gasteiger partial charge in [-0.25, -0.2) is 13.7 Å². The largest absolute Gasteiger partial charge is 0.760 e. The number of hydrogen-bond acceptors (Lipinski definition) is 7. The average Bonchev–Trinajstić information content (AvgIpc) is 3.16. The molecule has 0 saturated heterocycles. The molecule has 0 spiro atoms. The highest BCUT2D eigenvalue weighted by molar-refractivity contribution is 14.1. The van der Waals surface area contributed by atoms with Crippen LogP contribution in [0.4, 0.5) is 4.39 Å². The summed E-state index contributed by atoms with van der Waals surface area (Å²) in [7, 11) is 2.75. The van der Waals surface area contributed by atoms with E-state index in [1.807, 2.05) is 22.6 Å². The third kappa shape index (κ3) is 5.93. The topological polar surface area (TPSA) is 125 Å². The highest BCUT2D eigenvalue weighted by Crippen LogP contribution is 2.34. The van der Waals surface area contributed by atoms with E-state index in [1.54, 1.807) is 6.07 Å². The van der Waals surface area contributed by atoms with E-state index in [9.17, 15) is 22.7 Å². The Hall–Kier alpha value is -2.42. The third-order valence-corrected chi connectivity index (χ3v) is 6.49. The normalized spacial score (nSPS) is 12.2. The molecule has 0 saturated carbocycles. The lowest BCUT2D eigenvalue weighted by Crippen LogP contribution is -2.28. The van der Waals surface area contributed by atoms with Crippen molar-refractivity contribution in [3.05, 3.63) is 51.0 Å². The summed E-state index contributed by atoms with van der Waals surface area (Å²) in [5.41, 5.74) is 1.32. The highest BCUT2D eigenvalue weighted by atomic mass is 127. The molecule has 1 atom stereocenters. The summed E-state index contributed by atoms with van der Waals surface area (Å²) in [5.74, 6) is -1.02. The average molecular weight is 588 g/mol. The van der Waals surface area contributed by atoms with Crippen molar-refractivity contribution >= 4 is 56.8 Å². The molecular formula is C21H20FIN3O6S-. The number of carbonyl (C=O) groups excluding carboxylic acids is 2. The summed E-state index contributed by atoms with van der Waals surface area (Å²) < 4.78 is 49.0. The van der Waals surface area contributed by atoms with Crippen LogP contribution in [-0.2, 0) is 27.3 Å². The van der Waals surface area contributed by atoms with Gasteiger partial charge < -0.3 is 19.0 Å². The minimum atomic E-state index is -2.54. The number of rotatable bonds is 9. The molecule has 0 radical (unpaired) electrons. The molecule has 2 aromatic heterocycles. The molecule has 0 aliphatic carbocycles. The fourth-order valence-electron chi connectivity index (χ4n) is 3.18. The molecule has 1 N–H and O–H groups in total. The van der Waals surface area contributed by atoms with Gasteiger partial charge in [0.15, 0.2) is 0 Å². The van der Waals surface area contributed by atoms with Crippen molar-refractivity contribution in [2.24, 2.45) is 0 Å². The summed E-state index contributed by atoms with van der Waals surface area (Å²) in [5, 5.41) is 3.02. The van der Waals surface area contributed by atoms with Crippen molar-refractivity contribution in [2.75, 3.05) is 20.7 Å². The number of esters is 1. The summed E-state index contributed by atoms with van der Waals surface area (Å²) in [6.07, 6.45) is 0.373. The zero-order valence-electron chi connectivity index (χ0n) is 17.7. The van der Waals surface area contributed by atoms with Gasteiger partial charge in [-0.1, -0.05) is 0 Å². The van der Waals surface area contributed by atoms with E-state index < -0.39 is 29.0 Å². The Balaban J connectivity index is 1.98. The van der Waals surface area contributed by atoms with Gasteiger partial charge in [0.2, 0.25) is 5.71 Å². The molecule has 2 heterocycles. The minimum absolute atomic E-state index is 0.0482. The SMILES string of the molecule is CNC(=O)c1c(-c2ccc(F)cc2)oc2nc(CN(CCCC(=O)OC)S(=O)[O-])c(I)cc12. The molecule has 0 bridgehead atoms. The fraction of sp³-hybridized carbons (Fsp3) is 0.286. The molecule has 176 valence electrons. The first-order chi connectivity index (χ1) is 15.7. The van der Waals surface area contributed by atoms with Crippen molar-refractivity contribution < 1.29 is 31.9 Å². The van der Waals surface area contributed by atoms with Gasteiger partial charge >= 0.3 is 5.97 Å². The summed E-state index contributed by atoms with van der Waals surface area (Å²) in [4.78, 5) is 28.4. The standard InChI is InChI=1S/C21H21FIN3O6S/c1-24-20(28)18-14-10-15(23)16(11-26(33(29)30)9-3-4-17(27)31-2)25-21(14)32-19(18)12-5-7-13(22)8-6-12/h5-8,10H,3-4,9,11H2,1-2H3,(H,24,28)(H,29,30)/p-1. The van der Waals surface area contributed by atoms with Gasteiger partial charge in [0.05, 0.1) is 30.3 Å². The molecule has 0 aliphatic rings. The molecule has 33 heavy (non-hydrogen) atoms. The van der Waals surface area contributed by atoms with E-state index in [0.29, 0.717) is 20.2 Å². The number of aromatic nitrogens is 1. The number of nitrogens with one attached hydrogen (secondary N) is 1. The van der Waals surface area contributed by atoms with E-state index in [-0.39, 0.29) is 43.0 Å². The van der Waals surface area contributed by atoms with Crippen molar-refractivity contribution in [2.45, 2.75) is 19.4 Å². The van der Waals surface area contributed by atoms with Crippen LogP contribution in [0.25, 0.3) is 22.4 Å². The second-order valence-electron chi connectivity index (χ2n) is 6.92. The van der Waals surface area contributed by atoms with Crippen LogP contribution in [0.5, 0.6) is 0 Å². The molecule has 0 aliphatic heterocycles. The number of amides is 1. The Morgan fingerprint density at radius 2 is 2.03 bits per heavy atom. The van der Waals surface area contributed by atoms with Crippen LogP contribution in [0.1, 0.15) is 28.9 Å². The molecule has 3 aromatic rings. The number of furan rings is 1.